The van der Waals surface area contributed by atoms with Gasteiger partial charge in [-0.1, -0.05) is 6.42 Å². The molecule has 2 atom stereocenters. The Balaban J connectivity index is 1.82. The quantitative estimate of drug-likeness (QED) is 0.778. The van der Waals surface area contributed by atoms with Gasteiger partial charge in [0.2, 0.25) is 5.91 Å². The summed E-state index contributed by atoms with van der Waals surface area (Å²) in [4.78, 5) is 28.2. The Kier molecular flexibility index (Phi) is 6.46. The van der Waals surface area contributed by atoms with E-state index in [2.05, 4.69) is 10.2 Å². The number of ether oxygens (including phenoxy) is 1. The van der Waals surface area contributed by atoms with E-state index in [1.165, 1.54) is 24.2 Å². The molecule has 1 unspecified atom stereocenters. The number of aliphatic hydroxyl groups excluding tert-OH is 1. The van der Waals surface area contributed by atoms with Gasteiger partial charge in [0.05, 0.1) is 12.6 Å². The Labute approximate surface area is 144 Å². The van der Waals surface area contributed by atoms with E-state index in [0.29, 0.717) is 19.5 Å². The van der Waals surface area contributed by atoms with Gasteiger partial charge in [-0.3, -0.25) is 9.69 Å². The monoisotopic (exact) mass is 341 g/mol. The second kappa shape index (κ2) is 8.16. The number of amides is 2. The maximum Gasteiger partial charge on any atom is 0.410 e. The van der Waals surface area contributed by atoms with Gasteiger partial charge in [-0.15, -0.1) is 0 Å². The lowest BCUT2D eigenvalue weighted by Crippen LogP contribution is -2.61. The van der Waals surface area contributed by atoms with E-state index in [1.54, 1.807) is 20.8 Å². The highest BCUT2D eigenvalue weighted by atomic mass is 16.6. The summed E-state index contributed by atoms with van der Waals surface area (Å²) in [5.74, 6) is -0.205. The first-order valence-electron chi connectivity index (χ1n) is 8.93. The van der Waals surface area contributed by atoms with E-state index in [9.17, 15) is 14.7 Å². The van der Waals surface area contributed by atoms with Crippen molar-refractivity contribution in [1.82, 2.24) is 15.1 Å². The molecule has 0 aliphatic carbocycles. The number of carbonyl (C=O) groups excluding carboxylic acids is 2. The molecule has 0 aromatic rings. The van der Waals surface area contributed by atoms with Crippen LogP contribution in [-0.2, 0) is 9.53 Å². The molecule has 2 aliphatic heterocycles. The van der Waals surface area contributed by atoms with E-state index in [4.69, 9.17) is 4.74 Å². The van der Waals surface area contributed by atoms with Gasteiger partial charge in [-0.2, -0.15) is 0 Å². The van der Waals surface area contributed by atoms with Gasteiger partial charge in [-0.25, -0.2) is 4.79 Å². The Bertz CT molecular complexity index is 444. The van der Waals surface area contributed by atoms with Gasteiger partial charge < -0.3 is 20.1 Å². The molecule has 138 valence electrons. The van der Waals surface area contributed by atoms with Gasteiger partial charge >= 0.3 is 6.09 Å². The summed E-state index contributed by atoms with van der Waals surface area (Å²) in [5, 5.41) is 12.4. The third kappa shape index (κ3) is 5.34. The number of rotatable bonds is 5. The minimum Gasteiger partial charge on any atom is -0.444 e. The Morgan fingerprint density at radius 3 is 2.38 bits per heavy atom. The van der Waals surface area contributed by atoms with Crippen LogP contribution in [0.15, 0.2) is 0 Å². The maximum absolute atomic E-state index is 12.4. The number of nitrogens with one attached hydrogen (secondary N) is 1. The normalized spacial score (nSPS) is 23.3. The fraction of sp³-hybridized carbons (Fsp3) is 0.882. The first kappa shape index (κ1) is 19.0. The fourth-order valence-electron chi connectivity index (χ4n) is 3.10. The standard InChI is InChI=1S/C17H31N3O4/c1-17(2,3)24-16(23)20-10-7-14(20)15(22)18-13(12-21)11-19-8-5-4-6-9-19/h13-14,21H,4-12H2,1-3H3,(H,18,22)/t13?,14-/m1/s1. The number of piperidine rings is 1. The summed E-state index contributed by atoms with van der Waals surface area (Å²) in [5.41, 5.74) is -0.574. The van der Waals surface area contributed by atoms with Crippen molar-refractivity contribution in [3.63, 3.8) is 0 Å². The van der Waals surface area contributed by atoms with E-state index in [-0.39, 0.29) is 18.6 Å². The Morgan fingerprint density at radius 1 is 1.21 bits per heavy atom. The maximum atomic E-state index is 12.4. The molecule has 7 nitrogen and oxygen atoms in total. The summed E-state index contributed by atoms with van der Waals surface area (Å²) in [7, 11) is 0. The number of carbonyl (C=O) groups is 2. The number of likely N-dealkylation sites (tertiary alicyclic amines) is 2. The largest absolute Gasteiger partial charge is 0.444 e. The molecular formula is C17H31N3O4. The van der Waals surface area contributed by atoms with E-state index < -0.39 is 17.7 Å². The number of hydrogen-bond donors (Lipinski definition) is 2. The Hall–Kier alpha value is -1.34. The summed E-state index contributed by atoms with van der Waals surface area (Å²) >= 11 is 0. The van der Waals surface area contributed by atoms with Crippen molar-refractivity contribution in [2.75, 3.05) is 32.8 Å². The van der Waals surface area contributed by atoms with Gasteiger partial charge in [0.25, 0.3) is 0 Å². The van der Waals surface area contributed by atoms with Crippen LogP contribution in [0.3, 0.4) is 0 Å². The van der Waals surface area contributed by atoms with E-state index >= 15 is 0 Å². The lowest BCUT2D eigenvalue weighted by molar-refractivity contribution is -0.131. The molecule has 2 rings (SSSR count). The molecule has 2 saturated heterocycles. The second-order valence-electron chi connectivity index (χ2n) is 7.73. The van der Waals surface area contributed by atoms with Crippen molar-refractivity contribution in [2.24, 2.45) is 0 Å². The van der Waals surface area contributed by atoms with Crippen molar-refractivity contribution in [3.8, 4) is 0 Å². The molecular weight excluding hydrogens is 310 g/mol. The average Bonchev–Trinajstić information content (AvgIpc) is 2.44. The zero-order chi connectivity index (χ0) is 17.7. The highest BCUT2D eigenvalue weighted by molar-refractivity contribution is 5.87. The lowest BCUT2D eigenvalue weighted by Gasteiger charge is -2.41. The molecule has 2 aliphatic rings. The SMILES string of the molecule is CC(C)(C)OC(=O)N1CC[C@@H]1C(=O)NC(CO)CN1CCCCC1. The van der Waals surface area contributed by atoms with Crippen LogP contribution in [0.2, 0.25) is 0 Å². The van der Waals surface area contributed by atoms with Crippen molar-refractivity contribution in [1.29, 1.82) is 0 Å². The minimum absolute atomic E-state index is 0.0958. The smallest absolute Gasteiger partial charge is 0.410 e. The molecule has 0 bridgehead atoms. The molecule has 2 heterocycles. The van der Waals surface area contributed by atoms with E-state index in [0.717, 1.165) is 13.1 Å². The molecule has 2 fully saturated rings. The van der Waals surface area contributed by atoms with Crippen LogP contribution in [0.25, 0.3) is 0 Å². The van der Waals surface area contributed by atoms with Crippen LogP contribution < -0.4 is 5.32 Å². The van der Waals surface area contributed by atoms with Gasteiger partial charge in [0, 0.05) is 13.1 Å². The Morgan fingerprint density at radius 2 is 1.88 bits per heavy atom. The minimum atomic E-state index is -0.574. The highest BCUT2D eigenvalue weighted by Crippen LogP contribution is 2.21. The highest BCUT2D eigenvalue weighted by Gasteiger charge is 2.40. The molecule has 0 spiro atoms. The van der Waals surface area contributed by atoms with Crippen LogP contribution in [0.5, 0.6) is 0 Å². The van der Waals surface area contributed by atoms with Crippen LogP contribution in [0, 0.1) is 0 Å². The topological polar surface area (TPSA) is 82.1 Å². The third-order valence-electron chi connectivity index (χ3n) is 4.44. The van der Waals surface area contributed by atoms with Crippen molar-refractivity contribution in [3.05, 3.63) is 0 Å². The lowest BCUT2D eigenvalue weighted by atomic mass is 10.0. The van der Waals surface area contributed by atoms with Crippen LogP contribution in [0.1, 0.15) is 46.5 Å². The molecule has 24 heavy (non-hydrogen) atoms. The predicted molar refractivity (Wildman–Crippen MR) is 90.7 cm³/mol. The van der Waals surface area contributed by atoms with Crippen LogP contribution in [0.4, 0.5) is 4.79 Å². The summed E-state index contributed by atoms with van der Waals surface area (Å²) < 4.78 is 5.32. The number of hydrogen-bond acceptors (Lipinski definition) is 5. The molecule has 2 amide bonds. The average molecular weight is 341 g/mol. The van der Waals surface area contributed by atoms with Crippen LogP contribution in [-0.4, -0.2) is 77.4 Å². The summed E-state index contributed by atoms with van der Waals surface area (Å²) in [6.45, 7) is 8.53. The van der Waals surface area contributed by atoms with Crippen LogP contribution >= 0.6 is 0 Å². The fourth-order valence-corrected chi connectivity index (χ4v) is 3.10. The summed E-state index contributed by atoms with van der Waals surface area (Å²) in [6, 6.07) is -0.785. The second-order valence-corrected chi connectivity index (χ2v) is 7.73. The predicted octanol–water partition coefficient (Wildman–Crippen LogP) is 0.959. The van der Waals surface area contributed by atoms with E-state index in [1.807, 2.05) is 0 Å². The van der Waals surface area contributed by atoms with Crippen molar-refractivity contribution >= 4 is 12.0 Å². The molecule has 0 radical (unpaired) electrons. The van der Waals surface area contributed by atoms with Gasteiger partial charge in [-0.05, 0) is 53.1 Å². The number of nitrogens with zero attached hydrogens (tertiary/aromatic N) is 2. The summed E-state index contributed by atoms with van der Waals surface area (Å²) in [6.07, 6.45) is 3.76. The van der Waals surface area contributed by atoms with Gasteiger partial charge in [0.1, 0.15) is 11.6 Å². The van der Waals surface area contributed by atoms with Gasteiger partial charge in [0.15, 0.2) is 0 Å². The molecule has 0 aromatic heterocycles. The third-order valence-corrected chi connectivity index (χ3v) is 4.44. The molecule has 0 saturated carbocycles. The zero-order valence-corrected chi connectivity index (χ0v) is 15.1. The van der Waals surface area contributed by atoms with Crippen molar-refractivity contribution < 1.29 is 19.4 Å². The molecule has 0 aromatic carbocycles. The molecule has 2 N–H and O–H groups in total. The zero-order valence-electron chi connectivity index (χ0n) is 15.1. The first-order valence-corrected chi connectivity index (χ1v) is 8.93. The van der Waals surface area contributed by atoms with Crippen molar-refractivity contribution in [2.45, 2.75) is 64.1 Å². The number of aliphatic hydroxyl groups is 1. The molecule has 7 heteroatoms. The first-order chi connectivity index (χ1) is 11.3.